The molecule has 0 bridgehead atoms. The van der Waals surface area contributed by atoms with E-state index in [0.717, 1.165) is 7.11 Å². The van der Waals surface area contributed by atoms with E-state index < -0.39 is 26.1 Å². The summed E-state index contributed by atoms with van der Waals surface area (Å²) in [6.07, 6.45) is 0. The predicted molar refractivity (Wildman–Crippen MR) is 31.4 cm³/mol. The Morgan fingerprint density at radius 2 is 1.20 bits per heavy atom. The minimum absolute atomic E-state index is 0.880. The third-order valence-corrected chi connectivity index (χ3v) is 0. The molecule has 0 saturated heterocycles. The van der Waals surface area contributed by atoms with Crippen LogP contribution in [0.2, 0.25) is 13.1 Å². The Hall–Kier alpha value is 0.359. The Morgan fingerprint density at radius 3 is 1.20 bits per heavy atom. The fourth-order valence-electron chi connectivity index (χ4n) is 0. The summed E-state index contributed by atoms with van der Waals surface area (Å²) in [5, 5.41) is 7.00. The van der Waals surface area contributed by atoms with Gasteiger partial charge in [-0.25, -0.2) is 0 Å². The van der Waals surface area contributed by atoms with Gasteiger partial charge in [-0.1, -0.05) is 0 Å². The van der Waals surface area contributed by atoms with Crippen LogP contribution in [0.3, 0.4) is 0 Å². The Labute approximate surface area is 67.4 Å². The van der Waals surface area contributed by atoms with Crippen molar-refractivity contribution >= 4 is 9.04 Å². The van der Waals surface area contributed by atoms with Gasteiger partial charge in [0, 0.05) is 7.11 Å². The maximum absolute atomic E-state index is 8.71. The first-order valence-corrected chi connectivity index (χ1v) is 8.03. The molecule has 3 N–H and O–H groups in total. The quantitative estimate of drug-likeness (QED) is 0.493. The molecule has 0 aromatic rings. The van der Waals surface area contributed by atoms with Crippen LogP contribution in [0.1, 0.15) is 0 Å². The van der Waals surface area contributed by atoms with Crippen LogP contribution in [-0.4, -0.2) is 29.9 Å². The second-order valence-corrected chi connectivity index (χ2v) is 4.49. The summed E-state index contributed by atoms with van der Waals surface area (Å²) in [7, 11) is 0.120. The first-order chi connectivity index (χ1) is 4.46. The number of hydrogen-bond donors (Lipinski definition) is 3. The molecule has 0 atom stereocenters. The first-order valence-electron chi connectivity index (χ1n) is 2.15. The molecule has 0 unspecified atom stereocenters. The van der Waals surface area contributed by atoms with E-state index in [9.17, 15) is 0 Å². The van der Waals surface area contributed by atoms with Gasteiger partial charge in [-0.05, 0) is 13.1 Å². The van der Waals surface area contributed by atoms with Gasteiger partial charge >= 0.3 is 27.8 Å². The van der Waals surface area contributed by atoms with E-state index in [0.29, 0.717) is 0 Å². The summed E-state index contributed by atoms with van der Waals surface area (Å²) in [5.74, 6) is 0. The Kier molecular flexibility index (Phi) is 27.1. The standard InChI is InChI=1S/C2H7OSi.CH4O.H2O.2O.Re/c1-4(2)3;1-2;;;;/h3H,1-2H3;2H,1H3;1H2;;;/q;;;;;+1/p-1. The van der Waals surface area contributed by atoms with Crippen LogP contribution >= 0.6 is 0 Å². The molecular weight excluding hydrogens is 330 g/mol. The van der Waals surface area contributed by atoms with E-state index in [1.807, 2.05) is 13.1 Å². The van der Waals surface area contributed by atoms with Gasteiger partial charge in [0.1, 0.15) is 0 Å². The molecular formula is C3H12O5ReSi. The van der Waals surface area contributed by atoms with Crippen molar-refractivity contribution in [2.75, 3.05) is 7.11 Å². The second kappa shape index (κ2) is 16.2. The monoisotopic (exact) mass is 343 g/mol. The molecule has 0 heterocycles. The van der Waals surface area contributed by atoms with Crippen molar-refractivity contribution < 1.29 is 37.7 Å². The summed E-state index contributed by atoms with van der Waals surface area (Å²) in [6.45, 7) is 3.65. The van der Waals surface area contributed by atoms with Crippen molar-refractivity contribution in [1.29, 1.82) is 0 Å². The molecule has 0 rings (SSSR count). The summed E-state index contributed by atoms with van der Waals surface area (Å²) >= 11 is -3.96. The van der Waals surface area contributed by atoms with Gasteiger partial charge in [0.15, 0.2) is 9.04 Å². The van der Waals surface area contributed by atoms with Crippen LogP contribution in [0.5, 0.6) is 0 Å². The van der Waals surface area contributed by atoms with Gasteiger partial charge in [0.2, 0.25) is 0 Å². The van der Waals surface area contributed by atoms with Gasteiger partial charge in [-0.15, -0.1) is 0 Å². The SMILES string of the molecule is CO.C[Si](C)O.[O]=[Re](=[O])[OH]. The van der Waals surface area contributed by atoms with Gasteiger partial charge in [-0.3, -0.25) is 0 Å². The van der Waals surface area contributed by atoms with Crippen LogP contribution in [0.4, 0.5) is 0 Å². The van der Waals surface area contributed by atoms with E-state index in [4.69, 9.17) is 20.7 Å². The average molecular weight is 342 g/mol. The molecule has 7 heteroatoms. The van der Waals surface area contributed by atoms with Crippen molar-refractivity contribution in [3.63, 3.8) is 0 Å². The molecule has 0 aliphatic carbocycles. The van der Waals surface area contributed by atoms with E-state index in [-0.39, 0.29) is 0 Å². The van der Waals surface area contributed by atoms with Crippen molar-refractivity contribution in [3.8, 4) is 0 Å². The zero-order valence-electron chi connectivity index (χ0n) is 6.04. The van der Waals surface area contributed by atoms with Gasteiger partial charge in [0.25, 0.3) is 0 Å². The van der Waals surface area contributed by atoms with Gasteiger partial charge in [0.05, 0.1) is 0 Å². The molecule has 10 heavy (non-hydrogen) atoms. The summed E-state index contributed by atoms with van der Waals surface area (Å²) in [6, 6.07) is 0. The molecule has 0 aliphatic heterocycles. The third-order valence-electron chi connectivity index (χ3n) is 0. The first kappa shape index (κ1) is 16.8. The minimum atomic E-state index is -3.96. The van der Waals surface area contributed by atoms with Crippen LogP contribution in [0.15, 0.2) is 0 Å². The van der Waals surface area contributed by atoms with Crippen LogP contribution in [0.25, 0.3) is 0 Å². The molecule has 0 aliphatic rings. The summed E-state index contributed by atoms with van der Waals surface area (Å²) < 4.78 is 24.6. The van der Waals surface area contributed by atoms with E-state index in [1.54, 1.807) is 0 Å². The number of aliphatic hydroxyl groups excluding tert-OH is 1. The number of hydrogen-bond acceptors (Lipinski definition) is 4. The molecule has 5 nitrogen and oxygen atoms in total. The Morgan fingerprint density at radius 1 is 1.20 bits per heavy atom. The average Bonchev–Trinajstić information content (AvgIpc) is 1.66. The van der Waals surface area contributed by atoms with Crippen molar-refractivity contribution in [2.45, 2.75) is 13.1 Å². The molecule has 0 saturated carbocycles. The molecule has 65 valence electrons. The van der Waals surface area contributed by atoms with E-state index in [2.05, 4.69) is 0 Å². The van der Waals surface area contributed by atoms with E-state index >= 15 is 0 Å². The number of rotatable bonds is 0. The predicted octanol–water partition coefficient (Wildman–Crippen LogP) is -0.959. The Balaban J connectivity index is -0.0000000787. The molecule has 0 fully saturated rings. The van der Waals surface area contributed by atoms with Crippen molar-refractivity contribution in [3.05, 3.63) is 0 Å². The topological polar surface area (TPSA) is 94.8 Å². The normalized spacial score (nSPS) is 7.60. The van der Waals surface area contributed by atoms with Crippen LogP contribution < -0.4 is 0 Å². The molecule has 0 spiro atoms. The van der Waals surface area contributed by atoms with Crippen molar-refractivity contribution in [1.82, 2.24) is 0 Å². The zero-order chi connectivity index (χ0) is 9.15. The summed E-state index contributed by atoms with van der Waals surface area (Å²) in [5.41, 5.74) is 0. The maximum atomic E-state index is 8.71. The molecule has 0 aromatic heterocycles. The molecule has 1 radical (unpaired) electrons. The third kappa shape index (κ3) is 3510. The number of aliphatic hydroxyl groups is 1. The van der Waals surface area contributed by atoms with Gasteiger partial charge in [-0.2, -0.15) is 0 Å². The van der Waals surface area contributed by atoms with Crippen molar-refractivity contribution in [2.24, 2.45) is 0 Å². The summed E-state index contributed by atoms with van der Waals surface area (Å²) in [4.78, 5) is 8.16. The Bertz CT molecular complexity index is 90.3. The fourth-order valence-corrected chi connectivity index (χ4v) is 0. The van der Waals surface area contributed by atoms with E-state index in [1.165, 1.54) is 0 Å². The second-order valence-electron chi connectivity index (χ2n) is 1.15. The van der Waals surface area contributed by atoms with Crippen LogP contribution in [-0.2, 0) is 24.0 Å². The molecule has 0 aromatic carbocycles. The zero-order valence-corrected chi connectivity index (χ0v) is 9.75. The van der Waals surface area contributed by atoms with Crippen LogP contribution in [0, 0.1) is 0 Å². The fraction of sp³-hybridized carbons (Fsp3) is 1.00. The van der Waals surface area contributed by atoms with Gasteiger partial charge < -0.3 is 9.90 Å². The molecule has 0 amide bonds.